The number of nitrogens with two attached hydrogens (primary N) is 1. The van der Waals surface area contributed by atoms with Crippen LogP contribution in [-0.2, 0) is 11.2 Å². The molecule has 1 aliphatic heterocycles. The topological polar surface area (TPSA) is 135 Å². The Morgan fingerprint density at radius 3 is 2.18 bits per heavy atom. The number of likely N-dealkylation sites (tertiary alicyclic amines) is 1. The molecule has 4 rings (SSSR count). The van der Waals surface area contributed by atoms with Crippen molar-refractivity contribution < 1.29 is 24.2 Å². The highest BCUT2D eigenvalue weighted by atomic mass is 16.5. The molecule has 1 aromatic heterocycles. The molecule has 1 aliphatic rings. The minimum absolute atomic E-state index is 0.239. The Morgan fingerprint density at radius 2 is 1.64 bits per heavy atom. The van der Waals surface area contributed by atoms with Crippen LogP contribution >= 0.6 is 0 Å². The second-order valence-electron chi connectivity index (χ2n) is 9.29. The summed E-state index contributed by atoms with van der Waals surface area (Å²) in [6.45, 7) is 3.09. The fourth-order valence-corrected chi connectivity index (χ4v) is 5.04. The van der Waals surface area contributed by atoms with Crippen molar-refractivity contribution in [3.8, 4) is 28.4 Å². The summed E-state index contributed by atoms with van der Waals surface area (Å²) in [5.74, 6) is 0.542. The lowest BCUT2D eigenvalue weighted by atomic mass is 9.89. The van der Waals surface area contributed by atoms with Gasteiger partial charge in [0.05, 0.1) is 25.3 Å². The molecular formula is C30H37N3O6. The van der Waals surface area contributed by atoms with E-state index in [4.69, 9.17) is 14.3 Å². The van der Waals surface area contributed by atoms with Crippen LogP contribution in [0.15, 0.2) is 53.3 Å². The van der Waals surface area contributed by atoms with E-state index in [0.717, 1.165) is 25.7 Å². The molecule has 0 bridgehead atoms. The molecule has 0 spiro atoms. The summed E-state index contributed by atoms with van der Waals surface area (Å²) >= 11 is 0. The average molecular weight is 536 g/mol. The Morgan fingerprint density at radius 1 is 1.05 bits per heavy atom. The number of piperidine rings is 1. The molecule has 2 heterocycles. The first-order valence-corrected chi connectivity index (χ1v) is 13.1. The zero-order valence-corrected chi connectivity index (χ0v) is 22.7. The van der Waals surface area contributed by atoms with E-state index in [1.54, 1.807) is 23.1 Å². The number of rotatable bonds is 8. The summed E-state index contributed by atoms with van der Waals surface area (Å²) in [5, 5.41) is 11.5. The number of amides is 2. The molecular weight excluding hydrogens is 498 g/mol. The quantitative estimate of drug-likeness (QED) is 0.370. The van der Waals surface area contributed by atoms with Gasteiger partial charge in [-0.2, -0.15) is 0 Å². The van der Waals surface area contributed by atoms with Crippen LogP contribution in [0, 0.1) is 0 Å². The maximum absolute atomic E-state index is 13.6. The number of aromatic amines is 1. The Bertz CT molecular complexity index is 1290. The zero-order valence-electron chi connectivity index (χ0n) is 22.7. The van der Waals surface area contributed by atoms with Gasteiger partial charge in [0.25, 0.3) is 11.5 Å². The number of primary amides is 1. The van der Waals surface area contributed by atoms with Gasteiger partial charge in [0.2, 0.25) is 6.41 Å². The maximum Gasteiger partial charge on any atom is 0.264 e. The van der Waals surface area contributed by atoms with E-state index < -0.39 is 11.5 Å². The zero-order chi connectivity index (χ0) is 28.4. The third-order valence-corrected chi connectivity index (χ3v) is 6.99. The third-order valence-electron chi connectivity index (χ3n) is 6.99. The Hall–Kier alpha value is -4.27. The van der Waals surface area contributed by atoms with Crippen molar-refractivity contribution in [2.45, 2.75) is 44.9 Å². The number of carbonyl (C=O) groups is 2. The summed E-state index contributed by atoms with van der Waals surface area (Å²) in [7, 11) is 3.07. The Labute approximate surface area is 228 Å². The number of benzene rings is 2. The number of nitrogens with one attached hydrogen (secondary N) is 1. The van der Waals surface area contributed by atoms with Gasteiger partial charge in [-0.1, -0.05) is 49.7 Å². The molecule has 2 amide bonds. The maximum atomic E-state index is 13.6. The van der Waals surface area contributed by atoms with Gasteiger partial charge in [0, 0.05) is 18.8 Å². The SMILES string of the molecule is CCCCc1[nH]c(=O)c(C(=O)N2CCC(c3ccccc3)CC2)c(O)c1-c1c(OC)cccc1OC.NC=O. The lowest BCUT2D eigenvalue weighted by Crippen LogP contribution is -2.40. The normalized spacial score (nSPS) is 13.3. The summed E-state index contributed by atoms with van der Waals surface area (Å²) in [6, 6.07) is 15.6. The molecule has 1 fully saturated rings. The molecule has 0 saturated carbocycles. The van der Waals surface area contributed by atoms with Crippen molar-refractivity contribution in [2.24, 2.45) is 5.73 Å². The Kier molecular flexibility index (Phi) is 10.5. The van der Waals surface area contributed by atoms with Crippen LogP contribution in [0.4, 0.5) is 0 Å². The predicted octanol–water partition coefficient (Wildman–Crippen LogP) is 4.23. The largest absolute Gasteiger partial charge is 0.506 e. The van der Waals surface area contributed by atoms with Gasteiger partial charge in [-0.05, 0) is 49.3 Å². The van der Waals surface area contributed by atoms with E-state index >= 15 is 0 Å². The van der Waals surface area contributed by atoms with Crippen molar-refractivity contribution in [3.05, 3.63) is 75.7 Å². The number of hydrogen-bond acceptors (Lipinski definition) is 6. The van der Waals surface area contributed by atoms with Crippen LogP contribution in [0.1, 0.15) is 60.1 Å². The monoisotopic (exact) mass is 535 g/mol. The number of aromatic hydroxyl groups is 1. The van der Waals surface area contributed by atoms with Gasteiger partial charge in [0.1, 0.15) is 22.8 Å². The van der Waals surface area contributed by atoms with Crippen LogP contribution in [0.25, 0.3) is 11.1 Å². The second kappa shape index (κ2) is 14.0. The molecule has 39 heavy (non-hydrogen) atoms. The number of aromatic nitrogens is 1. The van der Waals surface area contributed by atoms with Gasteiger partial charge in [-0.15, -0.1) is 0 Å². The highest BCUT2D eigenvalue weighted by Crippen LogP contribution is 2.45. The van der Waals surface area contributed by atoms with Gasteiger partial charge < -0.3 is 30.2 Å². The van der Waals surface area contributed by atoms with Crippen molar-refractivity contribution >= 4 is 12.3 Å². The molecule has 1 saturated heterocycles. The number of nitrogens with zero attached hydrogens (tertiary/aromatic N) is 1. The molecule has 0 aliphatic carbocycles. The van der Waals surface area contributed by atoms with Gasteiger partial charge >= 0.3 is 0 Å². The van der Waals surface area contributed by atoms with Gasteiger partial charge in [-0.25, -0.2) is 0 Å². The molecule has 9 heteroatoms. The predicted molar refractivity (Wildman–Crippen MR) is 150 cm³/mol. The van der Waals surface area contributed by atoms with Crippen LogP contribution in [0.3, 0.4) is 0 Å². The molecule has 3 aromatic rings. The molecule has 9 nitrogen and oxygen atoms in total. The van der Waals surface area contributed by atoms with Crippen molar-refractivity contribution in [1.29, 1.82) is 0 Å². The molecule has 2 aromatic carbocycles. The summed E-state index contributed by atoms with van der Waals surface area (Å²) in [6.07, 6.45) is 4.10. The number of H-pyrrole nitrogens is 1. The molecule has 4 N–H and O–H groups in total. The van der Waals surface area contributed by atoms with E-state index in [1.165, 1.54) is 19.8 Å². The fourth-order valence-electron chi connectivity index (χ4n) is 5.04. The Balaban J connectivity index is 0.00000134. The van der Waals surface area contributed by atoms with Crippen LogP contribution in [0.5, 0.6) is 17.2 Å². The van der Waals surface area contributed by atoms with E-state index in [-0.39, 0.29) is 17.7 Å². The number of pyridine rings is 1. The van der Waals surface area contributed by atoms with E-state index in [1.807, 2.05) is 18.2 Å². The number of carbonyl (C=O) groups excluding carboxylic acids is 2. The number of ether oxygens (including phenoxy) is 2. The molecule has 0 atom stereocenters. The smallest absolute Gasteiger partial charge is 0.264 e. The van der Waals surface area contributed by atoms with Crippen molar-refractivity contribution in [1.82, 2.24) is 9.88 Å². The number of unbranched alkanes of at least 4 members (excludes halogenated alkanes) is 1. The molecule has 0 radical (unpaired) electrons. The summed E-state index contributed by atoms with van der Waals surface area (Å²) in [5.41, 5.74) is 6.06. The summed E-state index contributed by atoms with van der Waals surface area (Å²) in [4.78, 5) is 39.9. The van der Waals surface area contributed by atoms with Crippen molar-refractivity contribution in [2.75, 3.05) is 27.3 Å². The number of methoxy groups -OCH3 is 2. The number of aryl methyl sites for hydroxylation is 1. The van der Waals surface area contributed by atoms with Crippen molar-refractivity contribution in [3.63, 3.8) is 0 Å². The van der Waals surface area contributed by atoms with Crippen LogP contribution in [0.2, 0.25) is 0 Å². The lowest BCUT2D eigenvalue weighted by molar-refractivity contribution is -0.106. The van der Waals surface area contributed by atoms with Crippen LogP contribution in [-0.4, -0.2) is 54.6 Å². The van der Waals surface area contributed by atoms with Gasteiger partial charge in [0.15, 0.2) is 0 Å². The summed E-state index contributed by atoms with van der Waals surface area (Å²) < 4.78 is 11.2. The van der Waals surface area contributed by atoms with E-state index in [2.05, 4.69) is 29.8 Å². The first-order chi connectivity index (χ1) is 18.9. The minimum Gasteiger partial charge on any atom is -0.506 e. The third kappa shape index (κ3) is 6.60. The molecule has 208 valence electrons. The standard InChI is InChI=1S/C29H34N2O5.CH3NO/c1-4-5-12-21-24(25-22(35-2)13-9-14-23(25)36-3)27(32)26(28(33)30-21)29(34)31-17-15-20(16-18-31)19-10-7-6-8-11-19;2-1-3/h6-11,13-14,20H,4-5,12,15-18H2,1-3H3,(H2,30,32,33);1H,(H2,2,3). The van der Waals surface area contributed by atoms with E-state index in [0.29, 0.717) is 53.7 Å². The van der Waals surface area contributed by atoms with E-state index in [9.17, 15) is 14.7 Å². The first kappa shape index (κ1) is 29.3. The van der Waals surface area contributed by atoms with Crippen LogP contribution < -0.4 is 20.8 Å². The average Bonchev–Trinajstić information content (AvgIpc) is 2.96. The highest BCUT2D eigenvalue weighted by Gasteiger charge is 2.31. The number of hydrogen-bond donors (Lipinski definition) is 3. The minimum atomic E-state index is -0.577. The molecule has 0 unspecified atom stereocenters. The first-order valence-electron chi connectivity index (χ1n) is 13.1. The van der Waals surface area contributed by atoms with Gasteiger partial charge in [-0.3, -0.25) is 14.4 Å². The highest BCUT2D eigenvalue weighted by molar-refractivity contribution is 6.00. The lowest BCUT2D eigenvalue weighted by Gasteiger charge is -2.32. The second-order valence-corrected chi connectivity index (χ2v) is 9.29. The fraction of sp³-hybridized carbons (Fsp3) is 0.367.